The first-order chi connectivity index (χ1) is 18.0. The van der Waals surface area contributed by atoms with Crippen molar-refractivity contribution >= 4 is 62.5 Å². The number of imide groups is 1. The van der Waals surface area contributed by atoms with E-state index in [1.807, 2.05) is 42.5 Å². The van der Waals surface area contributed by atoms with Crippen molar-refractivity contribution in [1.29, 1.82) is 0 Å². The van der Waals surface area contributed by atoms with Gasteiger partial charge in [0, 0.05) is 26.3 Å². The minimum atomic E-state index is -0.435. The second-order valence-electron chi connectivity index (χ2n) is 8.07. The number of amides is 3. The van der Waals surface area contributed by atoms with E-state index in [0.717, 1.165) is 4.47 Å². The molecule has 0 spiro atoms. The van der Waals surface area contributed by atoms with Crippen LogP contribution < -0.4 is 15.5 Å². The van der Waals surface area contributed by atoms with Crippen LogP contribution in [0.5, 0.6) is 0 Å². The SMILES string of the molecule is O=C(Nc1cccc(SC2=C(Nc3ccc(Br)cc3)C(=O)N(c3ccccc3)C2=O)c1)c1ccccc1. The van der Waals surface area contributed by atoms with E-state index in [-0.39, 0.29) is 16.5 Å². The number of nitrogens with zero attached hydrogens (tertiary/aromatic N) is 1. The first-order valence-corrected chi connectivity index (χ1v) is 13.0. The van der Waals surface area contributed by atoms with Crippen molar-refractivity contribution in [2.24, 2.45) is 0 Å². The minimum absolute atomic E-state index is 0.194. The van der Waals surface area contributed by atoms with E-state index in [4.69, 9.17) is 0 Å². The van der Waals surface area contributed by atoms with Crippen LogP contribution >= 0.6 is 27.7 Å². The summed E-state index contributed by atoms with van der Waals surface area (Å²) in [4.78, 5) is 41.7. The van der Waals surface area contributed by atoms with Gasteiger partial charge in [-0.15, -0.1) is 0 Å². The summed E-state index contributed by atoms with van der Waals surface area (Å²) in [5.74, 6) is -1.09. The van der Waals surface area contributed by atoms with Crippen LogP contribution in [0.1, 0.15) is 10.4 Å². The summed E-state index contributed by atoms with van der Waals surface area (Å²) in [6.07, 6.45) is 0. The Morgan fingerprint density at radius 3 is 2.11 bits per heavy atom. The molecular formula is C29H20BrN3O3S. The summed E-state index contributed by atoms with van der Waals surface area (Å²) in [7, 11) is 0. The molecule has 1 aliphatic heterocycles. The van der Waals surface area contributed by atoms with Crippen molar-refractivity contribution in [2.75, 3.05) is 15.5 Å². The fourth-order valence-electron chi connectivity index (χ4n) is 3.75. The summed E-state index contributed by atoms with van der Waals surface area (Å²) >= 11 is 4.58. The highest BCUT2D eigenvalue weighted by atomic mass is 79.9. The Hall–Kier alpha value is -4.14. The third-order valence-electron chi connectivity index (χ3n) is 5.52. The van der Waals surface area contributed by atoms with Crippen LogP contribution in [0, 0.1) is 0 Å². The van der Waals surface area contributed by atoms with Gasteiger partial charge in [0.05, 0.1) is 5.69 Å². The van der Waals surface area contributed by atoms with Crippen molar-refractivity contribution in [1.82, 2.24) is 0 Å². The molecule has 0 aliphatic carbocycles. The molecular weight excluding hydrogens is 550 g/mol. The molecule has 0 radical (unpaired) electrons. The van der Waals surface area contributed by atoms with Gasteiger partial charge in [0.2, 0.25) is 0 Å². The lowest BCUT2D eigenvalue weighted by atomic mass is 10.2. The molecule has 0 bridgehead atoms. The van der Waals surface area contributed by atoms with Crippen molar-refractivity contribution in [3.63, 3.8) is 0 Å². The summed E-state index contributed by atoms with van der Waals surface area (Å²) in [6, 6.07) is 32.3. The quantitative estimate of drug-likeness (QED) is 0.242. The fraction of sp³-hybridized carbons (Fsp3) is 0. The van der Waals surface area contributed by atoms with Gasteiger partial charge in [-0.1, -0.05) is 70.2 Å². The van der Waals surface area contributed by atoms with Crippen molar-refractivity contribution in [3.05, 3.63) is 130 Å². The number of thioether (sulfide) groups is 1. The second-order valence-corrected chi connectivity index (χ2v) is 10.1. The molecule has 0 saturated carbocycles. The highest BCUT2D eigenvalue weighted by Gasteiger charge is 2.40. The third kappa shape index (κ3) is 5.50. The molecule has 1 aliphatic rings. The first-order valence-electron chi connectivity index (χ1n) is 11.3. The van der Waals surface area contributed by atoms with Crippen LogP contribution in [0.15, 0.2) is 129 Å². The van der Waals surface area contributed by atoms with Crippen LogP contribution in [0.4, 0.5) is 17.1 Å². The van der Waals surface area contributed by atoms with Crippen LogP contribution in [0.25, 0.3) is 0 Å². The van der Waals surface area contributed by atoms with Crippen molar-refractivity contribution < 1.29 is 14.4 Å². The molecule has 0 aromatic heterocycles. The topological polar surface area (TPSA) is 78.5 Å². The molecule has 6 nitrogen and oxygen atoms in total. The highest BCUT2D eigenvalue weighted by molar-refractivity contribution is 9.10. The van der Waals surface area contributed by atoms with E-state index < -0.39 is 11.8 Å². The number of hydrogen-bond donors (Lipinski definition) is 2. The van der Waals surface area contributed by atoms with E-state index >= 15 is 0 Å². The van der Waals surface area contributed by atoms with Gasteiger partial charge in [-0.3, -0.25) is 14.4 Å². The lowest BCUT2D eigenvalue weighted by molar-refractivity contribution is -0.120. The number of anilines is 3. The average Bonchev–Trinajstić information content (AvgIpc) is 3.15. The number of carbonyl (C=O) groups is 3. The average molecular weight is 570 g/mol. The van der Waals surface area contributed by atoms with E-state index in [0.29, 0.717) is 27.5 Å². The van der Waals surface area contributed by atoms with Gasteiger partial charge in [0.15, 0.2) is 0 Å². The molecule has 1 heterocycles. The van der Waals surface area contributed by atoms with Gasteiger partial charge in [0.1, 0.15) is 10.6 Å². The van der Waals surface area contributed by atoms with E-state index in [1.54, 1.807) is 66.7 Å². The Labute approximate surface area is 226 Å². The fourth-order valence-corrected chi connectivity index (χ4v) is 5.00. The Morgan fingerprint density at radius 2 is 1.41 bits per heavy atom. The monoisotopic (exact) mass is 569 g/mol. The Morgan fingerprint density at radius 1 is 0.730 bits per heavy atom. The molecule has 4 aromatic rings. The standard InChI is InChI=1S/C29H20BrN3O3S/c30-20-14-16-21(17-15-20)31-25-26(29(36)33(28(25)35)23-11-5-2-6-12-23)37-24-13-7-10-22(18-24)32-27(34)19-8-3-1-4-9-19/h1-18,31H,(H,32,34). The zero-order chi connectivity index (χ0) is 25.8. The van der Waals surface area contributed by atoms with Crippen LogP contribution in [0.3, 0.4) is 0 Å². The molecule has 8 heteroatoms. The normalized spacial score (nSPS) is 13.2. The predicted octanol–water partition coefficient (Wildman–Crippen LogP) is 6.69. The van der Waals surface area contributed by atoms with Crippen molar-refractivity contribution in [2.45, 2.75) is 4.90 Å². The zero-order valence-electron chi connectivity index (χ0n) is 19.4. The summed E-state index contributed by atoms with van der Waals surface area (Å²) in [5, 5.41) is 6.03. The van der Waals surface area contributed by atoms with E-state index in [1.165, 1.54) is 16.7 Å². The van der Waals surface area contributed by atoms with Gasteiger partial charge < -0.3 is 10.6 Å². The van der Waals surface area contributed by atoms with Crippen molar-refractivity contribution in [3.8, 4) is 0 Å². The number of halogens is 1. The van der Waals surface area contributed by atoms with E-state index in [9.17, 15) is 14.4 Å². The number of para-hydroxylation sites is 1. The number of benzene rings is 4. The largest absolute Gasteiger partial charge is 0.350 e. The molecule has 0 fully saturated rings. The molecule has 0 unspecified atom stereocenters. The molecule has 2 N–H and O–H groups in total. The molecule has 182 valence electrons. The number of nitrogens with one attached hydrogen (secondary N) is 2. The first kappa shape index (κ1) is 24.5. The van der Waals surface area contributed by atoms with Crippen LogP contribution in [-0.2, 0) is 9.59 Å². The number of carbonyl (C=O) groups excluding carboxylic acids is 3. The van der Waals surface area contributed by atoms with Gasteiger partial charge >= 0.3 is 0 Å². The predicted molar refractivity (Wildman–Crippen MR) is 150 cm³/mol. The van der Waals surface area contributed by atoms with Gasteiger partial charge in [-0.25, -0.2) is 4.90 Å². The van der Waals surface area contributed by atoms with Crippen LogP contribution in [-0.4, -0.2) is 17.7 Å². The smallest absolute Gasteiger partial charge is 0.283 e. The summed E-state index contributed by atoms with van der Waals surface area (Å²) in [5.41, 5.74) is 2.49. The molecule has 4 aromatic carbocycles. The molecule has 5 rings (SSSR count). The maximum Gasteiger partial charge on any atom is 0.283 e. The van der Waals surface area contributed by atoms with E-state index in [2.05, 4.69) is 26.6 Å². The lowest BCUT2D eigenvalue weighted by Gasteiger charge is -2.15. The highest BCUT2D eigenvalue weighted by Crippen LogP contribution is 2.38. The molecule has 0 atom stereocenters. The Balaban J connectivity index is 1.45. The van der Waals surface area contributed by atoms with Gasteiger partial charge in [-0.05, 0) is 66.7 Å². The maximum absolute atomic E-state index is 13.5. The van der Waals surface area contributed by atoms with Crippen LogP contribution in [0.2, 0.25) is 0 Å². The number of hydrogen-bond acceptors (Lipinski definition) is 5. The van der Waals surface area contributed by atoms with Gasteiger partial charge in [0.25, 0.3) is 17.7 Å². The lowest BCUT2D eigenvalue weighted by Crippen LogP contribution is -2.32. The molecule has 3 amide bonds. The van der Waals surface area contributed by atoms with Gasteiger partial charge in [-0.2, -0.15) is 0 Å². The second kappa shape index (κ2) is 10.9. The summed E-state index contributed by atoms with van der Waals surface area (Å²) < 4.78 is 0.899. The molecule has 0 saturated heterocycles. The Bertz CT molecular complexity index is 1510. The number of rotatable bonds is 7. The Kier molecular flexibility index (Phi) is 7.20. The third-order valence-corrected chi connectivity index (χ3v) is 7.12. The summed E-state index contributed by atoms with van der Waals surface area (Å²) in [6.45, 7) is 0. The molecule has 37 heavy (non-hydrogen) atoms. The minimum Gasteiger partial charge on any atom is -0.350 e. The maximum atomic E-state index is 13.5. The zero-order valence-corrected chi connectivity index (χ0v) is 21.8.